The van der Waals surface area contributed by atoms with Crippen molar-refractivity contribution in [2.45, 2.75) is 19.0 Å². The number of halogens is 3. The summed E-state index contributed by atoms with van der Waals surface area (Å²) in [6.45, 7) is -0.120. The molecular weight excluding hydrogens is 229 g/mol. The van der Waals surface area contributed by atoms with Crippen molar-refractivity contribution in [1.29, 1.82) is 0 Å². The molecule has 0 spiro atoms. The van der Waals surface area contributed by atoms with Crippen molar-refractivity contribution < 1.29 is 22.6 Å². The van der Waals surface area contributed by atoms with Crippen LogP contribution in [0.25, 0.3) is 0 Å². The van der Waals surface area contributed by atoms with Crippen molar-refractivity contribution in [2.24, 2.45) is 0 Å². The molecule has 16 heavy (non-hydrogen) atoms. The van der Waals surface area contributed by atoms with E-state index in [1.165, 1.54) is 0 Å². The largest absolute Gasteiger partial charge is 0.389 e. The third-order valence-corrected chi connectivity index (χ3v) is 1.65. The molecule has 0 aliphatic rings. The Kier molecular flexibility index (Phi) is 3.69. The maximum atomic E-state index is 11.7. The summed E-state index contributed by atoms with van der Waals surface area (Å²) in [7, 11) is 0. The van der Waals surface area contributed by atoms with E-state index in [4.69, 9.17) is 5.73 Å². The van der Waals surface area contributed by atoms with Gasteiger partial charge in [0.15, 0.2) is 0 Å². The Labute approximate surface area is 87.9 Å². The second kappa shape index (κ2) is 4.81. The van der Waals surface area contributed by atoms with E-state index in [0.29, 0.717) is 0 Å². The van der Waals surface area contributed by atoms with Gasteiger partial charge in [-0.25, -0.2) is 4.63 Å². The van der Waals surface area contributed by atoms with E-state index in [9.17, 15) is 18.0 Å². The van der Waals surface area contributed by atoms with Crippen molar-refractivity contribution in [2.75, 3.05) is 12.3 Å². The smallest absolute Gasteiger partial charge is 0.379 e. The number of carbonyl (C=O) groups is 1. The number of hydrogen-bond donors (Lipinski definition) is 2. The molecule has 0 saturated heterocycles. The van der Waals surface area contributed by atoms with Crippen LogP contribution >= 0.6 is 0 Å². The fourth-order valence-corrected chi connectivity index (χ4v) is 0.927. The van der Waals surface area contributed by atoms with Crippen molar-refractivity contribution in [1.82, 2.24) is 15.6 Å². The minimum absolute atomic E-state index is 0.120. The highest BCUT2D eigenvalue weighted by Gasteiger charge is 2.26. The molecule has 0 aliphatic carbocycles. The summed E-state index contributed by atoms with van der Waals surface area (Å²) in [6, 6.07) is 0. The van der Waals surface area contributed by atoms with Crippen LogP contribution in [0.1, 0.15) is 23.3 Å². The molecule has 0 atom stereocenters. The van der Waals surface area contributed by atoms with Crippen LogP contribution in [0.3, 0.4) is 0 Å². The molecule has 90 valence electrons. The maximum Gasteiger partial charge on any atom is 0.389 e. The Morgan fingerprint density at radius 2 is 2.12 bits per heavy atom. The first-order valence-electron chi connectivity index (χ1n) is 4.33. The molecule has 6 nitrogen and oxygen atoms in total. The molecule has 1 heterocycles. The third-order valence-electron chi connectivity index (χ3n) is 1.65. The van der Waals surface area contributed by atoms with Gasteiger partial charge in [-0.05, 0) is 16.7 Å². The number of aromatic nitrogens is 2. The van der Waals surface area contributed by atoms with Crippen LogP contribution in [0, 0.1) is 0 Å². The third kappa shape index (κ3) is 3.75. The first kappa shape index (κ1) is 12.3. The summed E-state index contributed by atoms with van der Waals surface area (Å²) in [6.07, 6.45) is -5.39. The Bertz CT molecular complexity index is 363. The molecule has 0 aliphatic heterocycles. The lowest BCUT2D eigenvalue weighted by atomic mass is 10.3. The van der Waals surface area contributed by atoms with Crippen LogP contribution in [0.15, 0.2) is 4.63 Å². The van der Waals surface area contributed by atoms with Gasteiger partial charge in [-0.1, -0.05) is 0 Å². The molecule has 0 unspecified atom stereocenters. The number of nitrogens with two attached hydrogens (primary N) is 1. The molecule has 3 N–H and O–H groups in total. The molecule has 0 bridgehead atoms. The summed E-state index contributed by atoms with van der Waals surface area (Å²) in [5.41, 5.74) is 4.98. The topological polar surface area (TPSA) is 94.0 Å². The second-order valence-electron chi connectivity index (χ2n) is 2.97. The van der Waals surface area contributed by atoms with E-state index >= 15 is 0 Å². The fraction of sp³-hybridized carbons (Fsp3) is 0.571. The van der Waals surface area contributed by atoms with E-state index < -0.39 is 18.5 Å². The van der Waals surface area contributed by atoms with Gasteiger partial charge in [0.05, 0.1) is 0 Å². The van der Waals surface area contributed by atoms with E-state index in [1.807, 2.05) is 0 Å². The first-order valence-corrected chi connectivity index (χ1v) is 4.33. The summed E-state index contributed by atoms with van der Waals surface area (Å²) < 4.78 is 39.4. The van der Waals surface area contributed by atoms with Crippen molar-refractivity contribution in [3.63, 3.8) is 0 Å². The molecule has 1 amide bonds. The van der Waals surface area contributed by atoms with Gasteiger partial charge in [0.2, 0.25) is 11.5 Å². The van der Waals surface area contributed by atoms with Crippen LogP contribution in [-0.2, 0) is 0 Å². The lowest BCUT2D eigenvalue weighted by Gasteiger charge is -2.06. The Morgan fingerprint density at radius 3 is 2.62 bits per heavy atom. The number of hydrogen-bond acceptors (Lipinski definition) is 5. The molecule has 9 heteroatoms. The van der Waals surface area contributed by atoms with Crippen molar-refractivity contribution >= 4 is 11.7 Å². The molecule has 0 fully saturated rings. The van der Waals surface area contributed by atoms with Crippen LogP contribution in [0.5, 0.6) is 0 Å². The number of carbonyl (C=O) groups excluding carboxylic acids is 1. The number of nitrogens with one attached hydrogen (secondary N) is 1. The predicted molar refractivity (Wildman–Crippen MR) is 46.3 cm³/mol. The first-order chi connectivity index (χ1) is 7.40. The summed E-state index contributed by atoms with van der Waals surface area (Å²) >= 11 is 0. The minimum atomic E-state index is -4.22. The standard InChI is InChI=1S/C7H9F3N4O2/c8-7(9,10)2-1-3-12-6(15)4-5(11)14-16-13-4/h1-3H2,(H2,11,14)(H,12,15). The number of alkyl halides is 3. The highest BCUT2D eigenvalue weighted by Crippen LogP contribution is 2.20. The maximum absolute atomic E-state index is 11.7. The quantitative estimate of drug-likeness (QED) is 0.754. The Hall–Kier alpha value is -1.80. The van der Waals surface area contributed by atoms with Gasteiger partial charge < -0.3 is 11.1 Å². The van der Waals surface area contributed by atoms with Crippen molar-refractivity contribution in [3.8, 4) is 0 Å². The van der Waals surface area contributed by atoms with Crippen molar-refractivity contribution in [3.05, 3.63) is 5.69 Å². The van der Waals surface area contributed by atoms with Gasteiger partial charge in [-0.3, -0.25) is 4.79 Å². The monoisotopic (exact) mass is 238 g/mol. The highest BCUT2D eigenvalue weighted by molar-refractivity contribution is 5.95. The number of anilines is 1. The zero-order chi connectivity index (χ0) is 12.2. The number of nitrogens with zero attached hydrogens (tertiary/aromatic N) is 2. The van der Waals surface area contributed by atoms with Gasteiger partial charge in [0.1, 0.15) is 0 Å². The lowest BCUT2D eigenvalue weighted by Crippen LogP contribution is -2.26. The molecule has 1 aromatic heterocycles. The van der Waals surface area contributed by atoms with Crippen LogP contribution in [0.4, 0.5) is 19.0 Å². The van der Waals surface area contributed by atoms with Crippen LogP contribution < -0.4 is 11.1 Å². The van der Waals surface area contributed by atoms with Gasteiger partial charge in [0, 0.05) is 13.0 Å². The number of rotatable bonds is 4. The molecule has 0 radical (unpaired) electrons. The molecule has 0 aromatic carbocycles. The second-order valence-corrected chi connectivity index (χ2v) is 2.97. The van der Waals surface area contributed by atoms with E-state index in [2.05, 4.69) is 20.3 Å². The molecular formula is C7H9F3N4O2. The number of amides is 1. The molecule has 0 saturated carbocycles. The van der Waals surface area contributed by atoms with E-state index in [0.717, 1.165) is 0 Å². The minimum Gasteiger partial charge on any atom is -0.379 e. The Balaban J connectivity index is 2.29. The summed E-state index contributed by atoms with van der Waals surface area (Å²) in [4.78, 5) is 11.2. The summed E-state index contributed by atoms with van der Waals surface area (Å²) in [5, 5.41) is 8.57. The fourth-order valence-electron chi connectivity index (χ4n) is 0.927. The average molecular weight is 238 g/mol. The van der Waals surface area contributed by atoms with Crippen LogP contribution in [0.2, 0.25) is 0 Å². The van der Waals surface area contributed by atoms with Gasteiger partial charge in [-0.2, -0.15) is 13.2 Å². The van der Waals surface area contributed by atoms with Gasteiger partial charge in [0.25, 0.3) is 5.91 Å². The highest BCUT2D eigenvalue weighted by atomic mass is 19.4. The normalized spacial score (nSPS) is 11.4. The lowest BCUT2D eigenvalue weighted by molar-refractivity contribution is -0.135. The van der Waals surface area contributed by atoms with Gasteiger partial charge in [-0.15, -0.1) is 0 Å². The number of nitrogen functional groups attached to an aromatic ring is 1. The Morgan fingerprint density at radius 1 is 1.44 bits per heavy atom. The molecule has 1 aromatic rings. The summed E-state index contributed by atoms with van der Waals surface area (Å²) in [5.74, 6) is -0.908. The van der Waals surface area contributed by atoms with E-state index in [1.54, 1.807) is 0 Å². The zero-order valence-corrected chi connectivity index (χ0v) is 8.04. The van der Waals surface area contributed by atoms with Crippen LogP contribution in [-0.4, -0.2) is 28.9 Å². The van der Waals surface area contributed by atoms with Gasteiger partial charge >= 0.3 is 6.18 Å². The SMILES string of the molecule is Nc1nonc1C(=O)NCCCC(F)(F)F. The zero-order valence-electron chi connectivity index (χ0n) is 8.04. The van der Waals surface area contributed by atoms with E-state index in [-0.39, 0.29) is 24.5 Å². The molecule has 1 rings (SSSR count). The average Bonchev–Trinajstić information content (AvgIpc) is 2.57. The predicted octanol–water partition coefficient (Wildman–Crippen LogP) is 0.724.